The maximum absolute atomic E-state index is 13.9. The predicted molar refractivity (Wildman–Crippen MR) is 98.0 cm³/mol. The Morgan fingerprint density at radius 3 is 2.24 bits per heavy atom. The van der Waals surface area contributed by atoms with Gasteiger partial charge in [0.15, 0.2) is 0 Å². The Bertz CT molecular complexity index is 814. The van der Waals surface area contributed by atoms with Crippen molar-refractivity contribution in [3.05, 3.63) is 47.3 Å². The molecule has 0 saturated heterocycles. The molecule has 0 N–H and O–H groups in total. The number of ether oxygens (including phenoxy) is 2. The van der Waals surface area contributed by atoms with Gasteiger partial charge in [-0.15, -0.1) is 0 Å². The molecule has 1 aromatic carbocycles. The van der Waals surface area contributed by atoms with Crippen LogP contribution >= 0.6 is 34.8 Å². The lowest BCUT2D eigenvalue weighted by Crippen LogP contribution is -2.40. The summed E-state index contributed by atoms with van der Waals surface area (Å²) in [5.41, 5.74) is -2.87. The van der Waals surface area contributed by atoms with Gasteiger partial charge in [-0.2, -0.15) is 13.2 Å². The number of esters is 2. The van der Waals surface area contributed by atoms with E-state index in [1.165, 1.54) is 0 Å². The quantitative estimate of drug-likeness (QED) is 0.231. The fourth-order valence-corrected chi connectivity index (χ4v) is 2.85. The molecule has 0 atom stereocenters. The molecule has 0 unspecified atom stereocenters. The van der Waals surface area contributed by atoms with Gasteiger partial charge in [0.2, 0.25) is 3.79 Å². The van der Waals surface area contributed by atoms with Crippen molar-refractivity contribution in [1.82, 2.24) is 0 Å². The molecular formula is C18H15Cl3F4O4. The van der Waals surface area contributed by atoms with Gasteiger partial charge in [-0.1, -0.05) is 47.4 Å². The Labute approximate surface area is 178 Å². The van der Waals surface area contributed by atoms with Crippen molar-refractivity contribution in [2.75, 3.05) is 6.61 Å². The highest BCUT2D eigenvalue weighted by Crippen LogP contribution is 2.46. The smallest absolute Gasteiger partial charge is 0.419 e. The number of rotatable bonds is 6. The van der Waals surface area contributed by atoms with Gasteiger partial charge in [0.1, 0.15) is 18.0 Å². The van der Waals surface area contributed by atoms with Gasteiger partial charge in [0.25, 0.3) is 0 Å². The van der Waals surface area contributed by atoms with Crippen molar-refractivity contribution in [2.24, 2.45) is 0 Å². The molecule has 1 fully saturated rings. The molecule has 0 radical (unpaired) electrons. The summed E-state index contributed by atoms with van der Waals surface area (Å²) in [6, 6.07) is 2.37. The van der Waals surface area contributed by atoms with Gasteiger partial charge >= 0.3 is 18.1 Å². The maximum Gasteiger partial charge on any atom is 0.419 e. The average molecular weight is 478 g/mol. The summed E-state index contributed by atoms with van der Waals surface area (Å²) in [5.74, 6) is -3.32. The molecule has 1 saturated carbocycles. The molecule has 11 heteroatoms. The second-order valence-electron chi connectivity index (χ2n) is 6.49. The molecule has 1 aromatic rings. The van der Waals surface area contributed by atoms with Crippen LogP contribution in [0.15, 0.2) is 30.4 Å². The van der Waals surface area contributed by atoms with Crippen LogP contribution in [0, 0.1) is 5.82 Å². The average Bonchev–Trinajstić information content (AvgIpc) is 2.54. The predicted octanol–water partition coefficient (Wildman–Crippen LogP) is 5.63. The zero-order valence-corrected chi connectivity index (χ0v) is 17.0. The van der Waals surface area contributed by atoms with Crippen LogP contribution in [0.5, 0.6) is 0 Å². The lowest BCUT2D eigenvalue weighted by molar-refractivity contribution is -0.168. The summed E-state index contributed by atoms with van der Waals surface area (Å²) in [5, 5.41) is 0. The van der Waals surface area contributed by atoms with Gasteiger partial charge in [0, 0.05) is 5.57 Å². The second-order valence-corrected chi connectivity index (χ2v) is 9.00. The van der Waals surface area contributed by atoms with Crippen LogP contribution in [0.3, 0.4) is 0 Å². The minimum absolute atomic E-state index is 0.0918. The number of carbonyl (C=O) groups excluding carboxylic acids is 2. The summed E-state index contributed by atoms with van der Waals surface area (Å²) in [6.07, 6.45) is -4.19. The monoisotopic (exact) mass is 476 g/mol. The van der Waals surface area contributed by atoms with E-state index in [1.54, 1.807) is 0 Å². The van der Waals surface area contributed by atoms with Crippen LogP contribution < -0.4 is 0 Å². The molecule has 1 aliphatic rings. The van der Waals surface area contributed by atoms with E-state index in [1.807, 2.05) is 0 Å². The topological polar surface area (TPSA) is 52.6 Å². The van der Waals surface area contributed by atoms with Crippen LogP contribution in [0.4, 0.5) is 17.6 Å². The molecule has 160 valence electrons. The number of halogens is 7. The van der Waals surface area contributed by atoms with Crippen molar-refractivity contribution in [1.29, 1.82) is 0 Å². The minimum Gasteiger partial charge on any atom is -0.461 e. The van der Waals surface area contributed by atoms with Gasteiger partial charge in [-0.25, -0.2) is 9.18 Å². The lowest BCUT2D eigenvalue weighted by atomic mass is 9.74. The summed E-state index contributed by atoms with van der Waals surface area (Å²) < 4.78 is 60.4. The highest BCUT2D eigenvalue weighted by Gasteiger charge is 2.44. The summed E-state index contributed by atoms with van der Waals surface area (Å²) >= 11 is 16.3. The first-order chi connectivity index (χ1) is 13.2. The van der Waals surface area contributed by atoms with Gasteiger partial charge in [-0.05, 0) is 37.0 Å². The van der Waals surface area contributed by atoms with E-state index in [4.69, 9.17) is 39.5 Å². The van der Waals surface area contributed by atoms with Gasteiger partial charge in [-0.3, -0.25) is 4.79 Å². The van der Waals surface area contributed by atoms with Crippen LogP contribution in [0.2, 0.25) is 0 Å². The Kier molecular flexibility index (Phi) is 7.13. The zero-order valence-electron chi connectivity index (χ0n) is 14.8. The number of alkyl halides is 6. The largest absolute Gasteiger partial charge is 0.461 e. The van der Waals surface area contributed by atoms with Crippen molar-refractivity contribution in [2.45, 2.75) is 41.3 Å². The van der Waals surface area contributed by atoms with Gasteiger partial charge < -0.3 is 9.47 Å². The number of carbonyl (C=O) groups is 2. The molecule has 29 heavy (non-hydrogen) atoms. The lowest BCUT2D eigenvalue weighted by Gasteiger charge is -2.41. The Morgan fingerprint density at radius 1 is 1.17 bits per heavy atom. The summed E-state index contributed by atoms with van der Waals surface area (Å²) in [4.78, 5) is 24.0. The number of benzene rings is 1. The van der Waals surface area contributed by atoms with Crippen LogP contribution in [0.1, 0.15) is 36.8 Å². The van der Waals surface area contributed by atoms with Crippen LogP contribution in [0.25, 0.3) is 0 Å². The first-order valence-corrected chi connectivity index (χ1v) is 9.38. The van der Waals surface area contributed by atoms with Crippen molar-refractivity contribution in [3.8, 4) is 0 Å². The maximum atomic E-state index is 13.9. The first kappa shape index (κ1) is 23.8. The molecule has 1 aliphatic carbocycles. The summed E-state index contributed by atoms with van der Waals surface area (Å²) in [6.45, 7) is 2.91. The van der Waals surface area contributed by atoms with E-state index >= 15 is 0 Å². The van der Waals surface area contributed by atoms with E-state index in [2.05, 4.69) is 11.3 Å². The van der Waals surface area contributed by atoms with E-state index in [9.17, 15) is 27.2 Å². The zero-order chi connectivity index (χ0) is 22.0. The molecule has 4 nitrogen and oxygen atoms in total. The molecule has 0 aromatic heterocycles. The fourth-order valence-electron chi connectivity index (χ4n) is 2.69. The minimum atomic E-state index is -4.84. The molecule has 0 aliphatic heterocycles. The highest BCUT2D eigenvalue weighted by molar-refractivity contribution is 6.67. The van der Waals surface area contributed by atoms with Gasteiger partial charge in [0.05, 0.1) is 12.0 Å². The van der Waals surface area contributed by atoms with Crippen molar-refractivity contribution in [3.63, 3.8) is 0 Å². The Hall–Kier alpha value is -1.51. The fraction of sp³-hybridized carbons (Fsp3) is 0.444. The number of hydrogen-bond donors (Lipinski definition) is 0. The highest BCUT2D eigenvalue weighted by atomic mass is 35.6. The standard InChI is InChI=1S/C18H15Cl3F4O4/c1-10(7-14(26)28-9-17(19,20)21)15(27)29-16(5-2-6-16)11-3-4-12(13(22)8-11)18(23,24)25/h3-4,8H,1-2,5-7,9H2. The molecule has 0 amide bonds. The normalized spacial score (nSPS) is 16.0. The van der Waals surface area contributed by atoms with Crippen LogP contribution in [-0.2, 0) is 30.8 Å². The van der Waals surface area contributed by atoms with Crippen molar-refractivity contribution < 1.29 is 36.6 Å². The summed E-state index contributed by atoms with van der Waals surface area (Å²) in [7, 11) is 0. The molecule has 0 spiro atoms. The third-order valence-corrected chi connectivity index (χ3v) is 4.62. The molecule has 0 heterocycles. The second kappa shape index (κ2) is 8.70. The Morgan fingerprint density at radius 2 is 1.79 bits per heavy atom. The number of hydrogen-bond acceptors (Lipinski definition) is 4. The first-order valence-electron chi connectivity index (χ1n) is 8.24. The molecule has 0 bridgehead atoms. The third-order valence-electron chi connectivity index (χ3n) is 4.29. The van der Waals surface area contributed by atoms with E-state index in [0.717, 1.165) is 6.07 Å². The Balaban J connectivity index is 2.07. The van der Waals surface area contributed by atoms with E-state index in [-0.39, 0.29) is 24.0 Å². The third kappa shape index (κ3) is 6.23. The SMILES string of the molecule is C=C(CC(=O)OCC(Cl)(Cl)Cl)C(=O)OC1(c2ccc(C(F)(F)F)c(F)c2)CCC1. The van der Waals surface area contributed by atoms with Crippen LogP contribution in [-0.4, -0.2) is 22.3 Å². The van der Waals surface area contributed by atoms with Crippen molar-refractivity contribution >= 4 is 46.7 Å². The molecular weight excluding hydrogens is 463 g/mol. The van der Waals surface area contributed by atoms with E-state index < -0.39 is 51.9 Å². The molecule has 2 rings (SSSR count). The van der Waals surface area contributed by atoms with E-state index in [0.29, 0.717) is 18.6 Å².